The molecule has 1 heterocycles. The van der Waals surface area contributed by atoms with Crippen molar-refractivity contribution >= 4 is 0 Å². The van der Waals surface area contributed by atoms with E-state index in [0.717, 1.165) is 19.6 Å². The van der Waals surface area contributed by atoms with Crippen molar-refractivity contribution in [1.29, 1.82) is 0 Å². The predicted octanol–water partition coefficient (Wildman–Crippen LogP) is 2.35. The summed E-state index contributed by atoms with van der Waals surface area (Å²) in [5, 5.41) is 0. The third kappa shape index (κ3) is 1.87. The Hall–Kier alpha value is -0.340. The topological polar surface area (TPSA) is 18.5 Å². The van der Waals surface area contributed by atoms with E-state index in [4.69, 9.17) is 9.47 Å². The smallest absolute Gasteiger partial charge is 0.171 e. The highest BCUT2D eigenvalue weighted by molar-refractivity contribution is 4.93. The van der Waals surface area contributed by atoms with Crippen LogP contribution < -0.4 is 0 Å². The van der Waals surface area contributed by atoms with Gasteiger partial charge in [0.2, 0.25) is 0 Å². The zero-order chi connectivity index (χ0) is 9.03. The van der Waals surface area contributed by atoms with Crippen LogP contribution in [-0.2, 0) is 9.47 Å². The quantitative estimate of drug-likeness (QED) is 0.605. The molecule has 70 valence electrons. The van der Waals surface area contributed by atoms with Crippen LogP contribution in [0, 0.1) is 5.92 Å². The fourth-order valence-corrected chi connectivity index (χ4v) is 1.66. The van der Waals surface area contributed by atoms with Crippen molar-refractivity contribution in [3.63, 3.8) is 0 Å². The van der Waals surface area contributed by atoms with Crippen LogP contribution in [0.1, 0.15) is 27.2 Å². The molecule has 1 aliphatic rings. The van der Waals surface area contributed by atoms with E-state index < -0.39 is 0 Å². The number of allylic oxidation sites excluding steroid dienone is 1. The zero-order valence-corrected chi connectivity index (χ0v) is 8.17. The molecule has 0 spiro atoms. The Kier molecular flexibility index (Phi) is 3.29. The Morgan fingerprint density at radius 2 is 2.00 bits per heavy atom. The summed E-state index contributed by atoms with van der Waals surface area (Å²) in [7, 11) is 0. The van der Waals surface area contributed by atoms with Gasteiger partial charge in [-0.15, -0.1) is 0 Å². The van der Waals surface area contributed by atoms with Gasteiger partial charge in [-0.1, -0.05) is 19.1 Å². The van der Waals surface area contributed by atoms with Crippen LogP contribution in [0.4, 0.5) is 0 Å². The number of ether oxygens (including phenoxy) is 2. The molecule has 1 fully saturated rings. The largest absolute Gasteiger partial charge is 0.347 e. The van der Waals surface area contributed by atoms with Crippen LogP contribution in [0.15, 0.2) is 12.2 Å². The van der Waals surface area contributed by atoms with Gasteiger partial charge in [0.1, 0.15) is 0 Å². The molecule has 0 N–H and O–H groups in total. The molecule has 0 saturated carbocycles. The molecule has 1 rings (SSSR count). The second-order valence-electron chi connectivity index (χ2n) is 3.25. The van der Waals surface area contributed by atoms with E-state index in [1.807, 2.05) is 13.8 Å². The van der Waals surface area contributed by atoms with Crippen LogP contribution in [0.5, 0.6) is 0 Å². The lowest BCUT2D eigenvalue weighted by Crippen LogP contribution is -2.34. The van der Waals surface area contributed by atoms with Crippen molar-refractivity contribution in [1.82, 2.24) is 0 Å². The second-order valence-corrected chi connectivity index (χ2v) is 3.25. The van der Waals surface area contributed by atoms with Crippen molar-refractivity contribution in [3.05, 3.63) is 12.2 Å². The zero-order valence-electron chi connectivity index (χ0n) is 8.17. The molecule has 1 aliphatic heterocycles. The fraction of sp³-hybridized carbons (Fsp3) is 0.800. The molecule has 0 aliphatic carbocycles. The maximum atomic E-state index is 5.57. The van der Waals surface area contributed by atoms with E-state index in [0.29, 0.717) is 5.92 Å². The summed E-state index contributed by atoms with van der Waals surface area (Å²) < 4.78 is 11.1. The molecule has 0 radical (unpaired) electrons. The van der Waals surface area contributed by atoms with E-state index in [9.17, 15) is 0 Å². The summed E-state index contributed by atoms with van der Waals surface area (Å²) in [6, 6.07) is 0. The SMILES string of the molecule is C/C=C\C(CC)C1(C)OCCO1. The lowest BCUT2D eigenvalue weighted by molar-refractivity contribution is -0.170. The van der Waals surface area contributed by atoms with E-state index in [2.05, 4.69) is 19.1 Å². The molecule has 1 saturated heterocycles. The van der Waals surface area contributed by atoms with Crippen LogP contribution in [-0.4, -0.2) is 19.0 Å². The maximum absolute atomic E-state index is 5.57. The van der Waals surface area contributed by atoms with Gasteiger partial charge in [0.05, 0.1) is 13.2 Å². The summed E-state index contributed by atoms with van der Waals surface area (Å²) in [6.45, 7) is 7.66. The number of hydrogen-bond donors (Lipinski definition) is 0. The summed E-state index contributed by atoms with van der Waals surface area (Å²) in [5.74, 6) is 0.00588. The second kappa shape index (κ2) is 4.06. The van der Waals surface area contributed by atoms with Crippen molar-refractivity contribution in [2.45, 2.75) is 33.0 Å². The van der Waals surface area contributed by atoms with E-state index in [1.54, 1.807) is 0 Å². The Bertz CT molecular complexity index is 157. The van der Waals surface area contributed by atoms with Crippen molar-refractivity contribution in [3.8, 4) is 0 Å². The summed E-state index contributed by atoms with van der Waals surface area (Å²) in [5.41, 5.74) is 0. The van der Waals surface area contributed by atoms with Crippen LogP contribution in [0.3, 0.4) is 0 Å². The average Bonchev–Trinajstić information content (AvgIpc) is 2.49. The Morgan fingerprint density at radius 3 is 2.42 bits per heavy atom. The van der Waals surface area contributed by atoms with Gasteiger partial charge in [-0.25, -0.2) is 0 Å². The minimum absolute atomic E-state index is 0.374. The molecule has 2 nitrogen and oxygen atoms in total. The molecule has 1 atom stereocenters. The first-order valence-electron chi connectivity index (χ1n) is 4.63. The molecule has 0 aromatic rings. The Balaban J connectivity index is 2.62. The average molecular weight is 170 g/mol. The first-order chi connectivity index (χ1) is 5.73. The minimum Gasteiger partial charge on any atom is -0.347 e. The molecule has 1 unspecified atom stereocenters. The molecular weight excluding hydrogens is 152 g/mol. The first kappa shape index (κ1) is 9.75. The summed E-state index contributed by atoms with van der Waals surface area (Å²) >= 11 is 0. The van der Waals surface area contributed by atoms with Gasteiger partial charge in [0.25, 0.3) is 0 Å². The highest BCUT2D eigenvalue weighted by Gasteiger charge is 2.36. The molecule has 2 heteroatoms. The van der Waals surface area contributed by atoms with Gasteiger partial charge in [-0.3, -0.25) is 0 Å². The van der Waals surface area contributed by atoms with E-state index >= 15 is 0 Å². The van der Waals surface area contributed by atoms with Crippen molar-refractivity contribution in [2.75, 3.05) is 13.2 Å². The van der Waals surface area contributed by atoms with Gasteiger partial charge in [-0.2, -0.15) is 0 Å². The predicted molar refractivity (Wildman–Crippen MR) is 48.9 cm³/mol. The Labute approximate surface area is 74.6 Å². The van der Waals surface area contributed by atoms with Crippen molar-refractivity contribution < 1.29 is 9.47 Å². The Morgan fingerprint density at radius 1 is 1.42 bits per heavy atom. The summed E-state index contributed by atoms with van der Waals surface area (Å²) in [6.07, 6.45) is 5.27. The first-order valence-corrected chi connectivity index (χ1v) is 4.63. The van der Waals surface area contributed by atoms with Crippen LogP contribution >= 0.6 is 0 Å². The third-order valence-corrected chi connectivity index (χ3v) is 2.40. The number of hydrogen-bond acceptors (Lipinski definition) is 2. The van der Waals surface area contributed by atoms with Gasteiger partial charge in [0.15, 0.2) is 5.79 Å². The minimum atomic E-state index is -0.374. The molecule has 0 amide bonds. The molecule has 0 aromatic carbocycles. The van der Waals surface area contributed by atoms with Gasteiger partial charge >= 0.3 is 0 Å². The van der Waals surface area contributed by atoms with Crippen molar-refractivity contribution in [2.24, 2.45) is 5.92 Å². The highest BCUT2D eigenvalue weighted by atomic mass is 16.7. The molecule has 0 aromatic heterocycles. The molecule has 12 heavy (non-hydrogen) atoms. The summed E-state index contributed by atoms with van der Waals surface area (Å²) in [4.78, 5) is 0. The highest BCUT2D eigenvalue weighted by Crippen LogP contribution is 2.30. The lowest BCUT2D eigenvalue weighted by atomic mass is 9.96. The maximum Gasteiger partial charge on any atom is 0.171 e. The number of rotatable bonds is 3. The van der Waals surface area contributed by atoms with Gasteiger partial charge in [-0.05, 0) is 20.3 Å². The monoisotopic (exact) mass is 170 g/mol. The van der Waals surface area contributed by atoms with Crippen LogP contribution in [0.2, 0.25) is 0 Å². The molecular formula is C10H18O2. The normalized spacial score (nSPS) is 24.9. The lowest BCUT2D eigenvalue weighted by Gasteiger charge is -2.29. The standard InChI is InChI=1S/C10H18O2/c1-4-6-9(5-2)10(3)11-7-8-12-10/h4,6,9H,5,7-8H2,1-3H3/b6-4-. The van der Waals surface area contributed by atoms with E-state index in [1.165, 1.54) is 0 Å². The molecule has 0 bridgehead atoms. The van der Waals surface area contributed by atoms with Gasteiger partial charge in [0, 0.05) is 5.92 Å². The fourth-order valence-electron chi connectivity index (χ4n) is 1.66. The van der Waals surface area contributed by atoms with E-state index in [-0.39, 0.29) is 5.79 Å². The third-order valence-electron chi connectivity index (χ3n) is 2.40. The van der Waals surface area contributed by atoms with Crippen LogP contribution in [0.25, 0.3) is 0 Å². The van der Waals surface area contributed by atoms with Gasteiger partial charge < -0.3 is 9.47 Å².